The second kappa shape index (κ2) is 11.1. The molecule has 11 rings (SSSR count). The first-order valence-electron chi connectivity index (χ1n) is 19.4. The minimum Gasteiger partial charge on any atom is -0.459 e. The van der Waals surface area contributed by atoms with Crippen molar-refractivity contribution in [3.8, 4) is 33.8 Å². The van der Waals surface area contributed by atoms with Crippen LogP contribution in [0.2, 0.25) is 0 Å². The van der Waals surface area contributed by atoms with Crippen LogP contribution in [0.15, 0.2) is 143 Å². The van der Waals surface area contributed by atoms with Gasteiger partial charge in [-0.2, -0.15) is 0 Å². The first-order valence-corrected chi connectivity index (χ1v) is 19.4. The number of nitrogens with zero attached hydrogens (tertiary/aromatic N) is 4. The minimum atomic E-state index is -0.756. The first-order chi connectivity index (χ1) is 27.0. The van der Waals surface area contributed by atoms with E-state index in [1.54, 1.807) is 0 Å². The predicted molar refractivity (Wildman–Crippen MR) is 231 cm³/mol. The van der Waals surface area contributed by atoms with Crippen LogP contribution < -0.4 is 19.3 Å². The topological polar surface area (TPSA) is 49.7 Å². The maximum atomic E-state index is 6.99. The van der Waals surface area contributed by atoms with Crippen LogP contribution in [0.5, 0.6) is 11.5 Å². The largest absolute Gasteiger partial charge is 0.459 e. The maximum Gasteiger partial charge on any atom is 0.228 e. The Bertz CT molecular complexity index is 2890. The number of fused-ring (bicyclic) bond motifs is 7. The lowest BCUT2D eigenvalue weighted by atomic mass is 9.77. The van der Waals surface area contributed by atoms with Gasteiger partial charge in [0.25, 0.3) is 0 Å². The molecule has 0 aromatic heterocycles. The summed E-state index contributed by atoms with van der Waals surface area (Å²) >= 11 is 0. The van der Waals surface area contributed by atoms with E-state index < -0.39 is 11.4 Å². The molecule has 6 heteroatoms. The molecular formula is C50H42N4O2. The molecule has 0 saturated heterocycles. The molecule has 0 bridgehead atoms. The molecule has 7 aromatic carbocycles. The quantitative estimate of drug-likeness (QED) is 0.178. The summed E-state index contributed by atoms with van der Waals surface area (Å²) in [6, 6.07) is 47.7. The SMILES string of the molecule is CN1c2ccccc2C(C)(C)C12C=Nc1cc(-c3ccc4cc(-c5ccc6c(c5)N(C)C5(C=Nc7c(ccc8ccccc78)O5)C6(C)C)ccc4c3)ccc1O2. The van der Waals surface area contributed by atoms with Gasteiger partial charge in [-0.1, -0.05) is 91.0 Å². The number of para-hydroxylation sites is 1. The van der Waals surface area contributed by atoms with Crippen molar-refractivity contribution < 1.29 is 9.47 Å². The molecular weight excluding hydrogens is 689 g/mol. The van der Waals surface area contributed by atoms with Crippen LogP contribution >= 0.6 is 0 Å². The van der Waals surface area contributed by atoms with Crippen LogP contribution in [0.1, 0.15) is 38.8 Å². The summed E-state index contributed by atoms with van der Waals surface area (Å²) in [6.45, 7) is 8.99. The van der Waals surface area contributed by atoms with Gasteiger partial charge in [-0.05, 0) is 120 Å². The van der Waals surface area contributed by atoms with E-state index in [4.69, 9.17) is 19.5 Å². The average molecular weight is 731 g/mol. The van der Waals surface area contributed by atoms with Crippen molar-refractivity contribution in [3.05, 3.63) is 145 Å². The molecule has 0 N–H and O–H groups in total. The second-order valence-corrected chi connectivity index (χ2v) is 16.8. The van der Waals surface area contributed by atoms with Crippen molar-refractivity contribution >= 4 is 56.7 Å². The maximum absolute atomic E-state index is 6.99. The standard InChI is InChI=1S/C50H42N4O2/c1-47(2)39-13-9-10-14-42(39)53(5)49(47)29-51-41-27-36(21-23-44(41)55-49)34-17-15-33-26-35(18-16-32(33)25-34)37-19-22-40-43(28-37)54(6)50(48(40,3)4)30-52-46-38-12-8-7-11-31(38)20-24-45(46)56-50/h7-30H,1-6H3. The van der Waals surface area contributed by atoms with Crippen molar-refractivity contribution in [2.24, 2.45) is 9.98 Å². The lowest BCUT2D eigenvalue weighted by Crippen LogP contribution is -2.61. The molecule has 0 aliphatic carbocycles. The molecule has 0 saturated carbocycles. The predicted octanol–water partition coefficient (Wildman–Crippen LogP) is 11.8. The first kappa shape index (κ1) is 33.0. The highest BCUT2D eigenvalue weighted by atomic mass is 16.5. The molecule has 2 spiro atoms. The van der Waals surface area contributed by atoms with Gasteiger partial charge >= 0.3 is 0 Å². The van der Waals surface area contributed by atoms with Crippen LogP contribution in [0.25, 0.3) is 43.8 Å². The minimum absolute atomic E-state index is 0.286. The van der Waals surface area contributed by atoms with Gasteiger partial charge in [0.1, 0.15) is 22.9 Å². The lowest BCUT2D eigenvalue weighted by Gasteiger charge is -2.45. The summed E-state index contributed by atoms with van der Waals surface area (Å²) in [6.07, 6.45) is 4.01. The van der Waals surface area contributed by atoms with Gasteiger partial charge in [0, 0.05) is 30.9 Å². The number of rotatable bonds is 2. The van der Waals surface area contributed by atoms with Crippen molar-refractivity contribution in [2.45, 2.75) is 50.0 Å². The molecule has 0 amide bonds. The van der Waals surface area contributed by atoms with E-state index in [9.17, 15) is 0 Å². The average Bonchev–Trinajstić information content (AvgIpc) is 3.49. The molecule has 4 heterocycles. The fourth-order valence-electron chi connectivity index (χ4n) is 9.92. The fraction of sp³-hybridized carbons (Fsp3) is 0.200. The van der Waals surface area contributed by atoms with E-state index in [-0.39, 0.29) is 10.8 Å². The second-order valence-electron chi connectivity index (χ2n) is 16.8. The third kappa shape index (κ3) is 4.21. The van der Waals surface area contributed by atoms with E-state index >= 15 is 0 Å². The van der Waals surface area contributed by atoms with Crippen LogP contribution in [0, 0.1) is 0 Å². The normalized spacial score (nSPS) is 21.9. The molecule has 2 unspecified atom stereocenters. The van der Waals surface area contributed by atoms with Crippen LogP contribution in [-0.2, 0) is 10.8 Å². The van der Waals surface area contributed by atoms with E-state index in [2.05, 4.69) is 185 Å². The number of anilines is 2. The molecule has 0 fully saturated rings. The summed E-state index contributed by atoms with van der Waals surface area (Å²) in [5.41, 5.74) is 9.06. The van der Waals surface area contributed by atoms with Crippen LogP contribution in [0.4, 0.5) is 22.7 Å². The van der Waals surface area contributed by atoms with Gasteiger partial charge in [0.2, 0.25) is 11.4 Å². The molecule has 4 aliphatic heterocycles. The Hall–Kier alpha value is -6.40. The fourth-order valence-corrected chi connectivity index (χ4v) is 9.92. The highest BCUT2D eigenvalue weighted by molar-refractivity contribution is 6.00. The lowest BCUT2D eigenvalue weighted by molar-refractivity contribution is 0.0825. The number of aliphatic imine (C=N–C) groups is 2. The summed E-state index contributed by atoms with van der Waals surface area (Å²) in [5, 5.41) is 4.64. The molecule has 4 aliphatic rings. The summed E-state index contributed by atoms with van der Waals surface area (Å²) in [4.78, 5) is 14.6. The van der Waals surface area contributed by atoms with Gasteiger partial charge < -0.3 is 19.3 Å². The Labute approximate surface area is 327 Å². The molecule has 6 nitrogen and oxygen atoms in total. The zero-order valence-corrected chi connectivity index (χ0v) is 32.5. The third-order valence-corrected chi connectivity index (χ3v) is 13.4. The van der Waals surface area contributed by atoms with Gasteiger partial charge in [-0.3, -0.25) is 9.98 Å². The number of hydrogen-bond acceptors (Lipinski definition) is 6. The smallest absolute Gasteiger partial charge is 0.228 e. The highest BCUT2D eigenvalue weighted by Crippen LogP contribution is 2.56. The van der Waals surface area contributed by atoms with Crippen molar-refractivity contribution in [1.29, 1.82) is 0 Å². The van der Waals surface area contributed by atoms with E-state index in [1.807, 2.05) is 12.4 Å². The van der Waals surface area contributed by atoms with Gasteiger partial charge in [0.05, 0.1) is 23.3 Å². The Morgan fingerprint density at radius 1 is 0.464 bits per heavy atom. The Balaban J connectivity index is 0.880. The van der Waals surface area contributed by atoms with Crippen molar-refractivity contribution in [1.82, 2.24) is 0 Å². The zero-order chi connectivity index (χ0) is 38.2. The van der Waals surface area contributed by atoms with Crippen LogP contribution in [-0.4, -0.2) is 38.0 Å². The number of benzene rings is 7. The Morgan fingerprint density at radius 2 is 1.00 bits per heavy atom. The summed E-state index contributed by atoms with van der Waals surface area (Å²) in [5.74, 6) is 1.61. The molecule has 7 aromatic rings. The number of ether oxygens (including phenoxy) is 2. The van der Waals surface area contributed by atoms with E-state index in [0.29, 0.717) is 0 Å². The summed E-state index contributed by atoms with van der Waals surface area (Å²) < 4.78 is 13.9. The molecule has 274 valence electrons. The highest BCUT2D eigenvalue weighted by Gasteiger charge is 2.59. The van der Waals surface area contributed by atoms with E-state index in [1.165, 1.54) is 33.2 Å². The van der Waals surface area contributed by atoms with Gasteiger partial charge in [0.15, 0.2) is 0 Å². The third-order valence-electron chi connectivity index (χ3n) is 13.4. The molecule has 2 atom stereocenters. The molecule has 0 radical (unpaired) electrons. The summed E-state index contributed by atoms with van der Waals surface area (Å²) in [7, 11) is 4.22. The zero-order valence-electron chi connectivity index (χ0n) is 32.5. The monoisotopic (exact) mass is 730 g/mol. The van der Waals surface area contributed by atoms with Crippen molar-refractivity contribution in [3.63, 3.8) is 0 Å². The number of hydrogen-bond donors (Lipinski definition) is 0. The van der Waals surface area contributed by atoms with Gasteiger partial charge in [-0.15, -0.1) is 0 Å². The van der Waals surface area contributed by atoms with Gasteiger partial charge in [-0.25, -0.2) is 0 Å². The Kier molecular flexibility index (Phi) is 6.54. The van der Waals surface area contributed by atoms with Crippen LogP contribution in [0.3, 0.4) is 0 Å². The van der Waals surface area contributed by atoms with E-state index in [0.717, 1.165) is 56.0 Å². The van der Waals surface area contributed by atoms with Crippen molar-refractivity contribution in [2.75, 3.05) is 23.9 Å². The molecule has 56 heavy (non-hydrogen) atoms. The number of likely N-dealkylation sites (N-methyl/N-ethyl adjacent to an activating group) is 2. The Morgan fingerprint density at radius 3 is 1.75 bits per heavy atom.